The van der Waals surface area contributed by atoms with E-state index < -0.39 is 5.97 Å². The fourth-order valence-corrected chi connectivity index (χ4v) is 3.52. The minimum atomic E-state index is -0.903. The standard InChI is InChI=1S/C18H36O2.C8H12N2.H3N/c1-2-3-4-5-6-7-8-9-10-11-12-13-14-15-16-17-18(19)20;9-5-7-2-1-3-8(4-7)6-10;/h2-17H2,1H3,(H,19,20);1-4H,5-6,9-10H2;1H3. The highest BCUT2D eigenvalue weighted by Crippen LogP contribution is 2.13. The number of carbonyl (C=O) groups is 1. The smallest absolute Gasteiger partial charge is 0.0414 e. The molecule has 0 aromatic heterocycles. The molecule has 5 nitrogen and oxygen atoms in total. The first-order chi connectivity index (χ1) is 14.6. The van der Waals surface area contributed by atoms with Gasteiger partial charge in [0.1, 0.15) is 0 Å². The topological polar surface area (TPSA) is 129 Å². The Bertz CT molecular complexity index is 490. The van der Waals surface area contributed by atoms with E-state index in [1.165, 1.54) is 83.5 Å². The number of hydrogen-bond donors (Lipinski definition) is 3. The molecule has 8 N–H and O–H groups in total. The molecule has 1 rings (SSSR count). The fraction of sp³-hybridized carbons (Fsp3) is 0.731. The fourth-order valence-electron chi connectivity index (χ4n) is 3.52. The Labute approximate surface area is 192 Å². The molecule has 0 bridgehead atoms. The Hall–Kier alpha value is -1.43. The molecule has 31 heavy (non-hydrogen) atoms. The Kier molecular flexibility index (Phi) is 25.4. The minimum Gasteiger partial charge on any atom is -0.550 e. The van der Waals surface area contributed by atoms with E-state index in [0.717, 1.165) is 24.0 Å². The summed E-state index contributed by atoms with van der Waals surface area (Å²) >= 11 is 0. The van der Waals surface area contributed by atoms with Gasteiger partial charge in [0.25, 0.3) is 0 Å². The Morgan fingerprint density at radius 2 is 1.06 bits per heavy atom. The lowest BCUT2D eigenvalue weighted by Gasteiger charge is -2.04. The highest BCUT2D eigenvalue weighted by Gasteiger charge is 1.94. The van der Waals surface area contributed by atoms with Crippen molar-refractivity contribution in [1.82, 2.24) is 6.15 Å². The average molecular weight is 438 g/mol. The molecule has 0 unspecified atom stereocenters. The van der Waals surface area contributed by atoms with Crippen LogP contribution in [0, 0.1) is 0 Å². The zero-order valence-corrected chi connectivity index (χ0v) is 20.5. The number of quaternary nitrogens is 1. The first-order valence-corrected chi connectivity index (χ1v) is 12.3. The van der Waals surface area contributed by atoms with E-state index in [2.05, 4.69) is 6.92 Å². The molecule has 5 heteroatoms. The predicted molar refractivity (Wildman–Crippen MR) is 133 cm³/mol. The number of carboxylic acids is 1. The van der Waals surface area contributed by atoms with Crippen molar-refractivity contribution < 1.29 is 9.90 Å². The second-order valence-electron chi connectivity index (χ2n) is 8.30. The highest BCUT2D eigenvalue weighted by molar-refractivity contribution is 5.64. The van der Waals surface area contributed by atoms with E-state index in [1.807, 2.05) is 24.3 Å². The largest absolute Gasteiger partial charge is 0.550 e. The van der Waals surface area contributed by atoms with Gasteiger partial charge in [0.05, 0.1) is 0 Å². The Balaban J connectivity index is 0. The first kappa shape index (κ1) is 31.8. The molecule has 0 atom stereocenters. The highest BCUT2D eigenvalue weighted by atomic mass is 16.4. The van der Waals surface area contributed by atoms with Gasteiger partial charge in [0.2, 0.25) is 0 Å². The van der Waals surface area contributed by atoms with Gasteiger partial charge < -0.3 is 27.5 Å². The number of aliphatic carboxylic acids is 1. The van der Waals surface area contributed by atoms with E-state index in [0.29, 0.717) is 13.1 Å². The van der Waals surface area contributed by atoms with Crippen LogP contribution in [-0.4, -0.2) is 5.97 Å². The van der Waals surface area contributed by atoms with Gasteiger partial charge in [0, 0.05) is 19.1 Å². The average Bonchev–Trinajstić information content (AvgIpc) is 2.76. The number of carbonyl (C=O) groups excluding carboxylic acids is 1. The molecule has 0 aliphatic carbocycles. The van der Waals surface area contributed by atoms with Crippen LogP contribution in [0.15, 0.2) is 24.3 Å². The number of nitrogens with two attached hydrogens (primary N) is 2. The first-order valence-electron chi connectivity index (χ1n) is 12.3. The molecule has 182 valence electrons. The summed E-state index contributed by atoms with van der Waals surface area (Å²) in [5.74, 6) is -0.903. The van der Waals surface area contributed by atoms with Crippen molar-refractivity contribution in [1.29, 1.82) is 0 Å². The molecule has 0 heterocycles. The molecule has 1 aromatic rings. The molecule has 0 aliphatic rings. The molecule has 0 aliphatic heterocycles. The van der Waals surface area contributed by atoms with E-state index in [9.17, 15) is 9.90 Å². The summed E-state index contributed by atoms with van der Waals surface area (Å²) in [5, 5.41) is 10.2. The Morgan fingerprint density at radius 3 is 1.39 bits per heavy atom. The van der Waals surface area contributed by atoms with Crippen LogP contribution in [0.4, 0.5) is 0 Å². The molecular weight excluding hydrogens is 386 g/mol. The third kappa shape index (κ3) is 23.1. The number of carboxylic acid groups (broad SMARTS) is 1. The molecular formula is C26H51N3O2. The number of unbranched alkanes of at least 4 members (excludes halogenated alkanes) is 14. The molecule has 0 saturated carbocycles. The van der Waals surface area contributed by atoms with Gasteiger partial charge in [-0.2, -0.15) is 0 Å². The maximum Gasteiger partial charge on any atom is 0.0414 e. The zero-order valence-electron chi connectivity index (χ0n) is 20.5. The van der Waals surface area contributed by atoms with Crippen LogP contribution in [0.25, 0.3) is 0 Å². The van der Waals surface area contributed by atoms with Crippen LogP contribution in [0.3, 0.4) is 0 Å². The van der Waals surface area contributed by atoms with Gasteiger partial charge >= 0.3 is 0 Å². The summed E-state index contributed by atoms with van der Waals surface area (Å²) in [6.45, 7) is 3.45. The molecule has 0 spiro atoms. The normalized spacial score (nSPS) is 10.2. The van der Waals surface area contributed by atoms with Crippen LogP contribution in [-0.2, 0) is 17.9 Å². The summed E-state index contributed by atoms with van der Waals surface area (Å²) in [5.41, 5.74) is 13.1. The summed E-state index contributed by atoms with van der Waals surface area (Å²) < 4.78 is 0. The molecule has 0 radical (unpaired) electrons. The van der Waals surface area contributed by atoms with Crippen molar-refractivity contribution in [3.8, 4) is 0 Å². The monoisotopic (exact) mass is 437 g/mol. The zero-order chi connectivity index (χ0) is 22.3. The quantitative estimate of drug-likeness (QED) is 0.244. The number of rotatable bonds is 18. The number of hydrogen-bond acceptors (Lipinski definition) is 4. The van der Waals surface area contributed by atoms with Gasteiger partial charge in [-0.1, -0.05) is 121 Å². The van der Waals surface area contributed by atoms with Crippen molar-refractivity contribution in [2.75, 3.05) is 0 Å². The van der Waals surface area contributed by atoms with Gasteiger partial charge in [-0.15, -0.1) is 0 Å². The summed E-state index contributed by atoms with van der Waals surface area (Å²) in [6, 6.07) is 8.00. The van der Waals surface area contributed by atoms with Gasteiger partial charge in [-0.05, 0) is 24.0 Å². The number of benzene rings is 1. The molecule has 0 saturated heterocycles. The van der Waals surface area contributed by atoms with E-state index >= 15 is 0 Å². The van der Waals surface area contributed by atoms with Gasteiger partial charge in [0.15, 0.2) is 0 Å². The van der Waals surface area contributed by atoms with Crippen molar-refractivity contribution in [3.05, 3.63) is 35.4 Å². The summed E-state index contributed by atoms with van der Waals surface area (Å²) in [4.78, 5) is 10.2. The SMILES string of the molecule is CCCCCCCCCCCCCCCCCC(=O)[O-].NCc1cccc(CN)c1.[NH4+]. The maximum atomic E-state index is 10.2. The third-order valence-electron chi connectivity index (χ3n) is 5.45. The van der Waals surface area contributed by atoms with Crippen LogP contribution in [0.5, 0.6) is 0 Å². The summed E-state index contributed by atoms with van der Waals surface area (Å²) in [7, 11) is 0. The second-order valence-corrected chi connectivity index (χ2v) is 8.30. The molecule has 0 fully saturated rings. The van der Waals surface area contributed by atoms with Crippen molar-refractivity contribution in [2.45, 2.75) is 123 Å². The van der Waals surface area contributed by atoms with Crippen molar-refractivity contribution in [2.24, 2.45) is 11.5 Å². The van der Waals surface area contributed by atoms with Gasteiger partial charge in [-0.3, -0.25) is 0 Å². The van der Waals surface area contributed by atoms with Crippen molar-refractivity contribution in [3.63, 3.8) is 0 Å². The lowest BCUT2D eigenvalue weighted by Crippen LogP contribution is -2.21. The summed E-state index contributed by atoms with van der Waals surface area (Å²) in [6.07, 6.45) is 19.9. The van der Waals surface area contributed by atoms with Crippen LogP contribution in [0.2, 0.25) is 0 Å². The maximum absolute atomic E-state index is 10.2. The lowest BCUT2D eigenvalue weighted by molar-refractivity contribution is -0.305. The second kappa shape index (κ2) is 24.8. The molecule has 1 aromatic carbocycles. The van der Waals surface area contributed by atoms with Crippen LogP contribution < -0.4 is 22.7 Å². The minimum absolute atomic E-state index is 0. The van der Waals surface area contributed by atoms with Crippen LogP contribution in [0.1, 0.15) is 121 Å². The van der Waals surface area contributed by atoms with Crippen molar-refractivity contribution >= 4 is 5.97 Å². The Morgan fingerprint density at radius 1 is 0.710 bits per heavy atom. The predicted octanol–water partition coefficient (Wildman–Crippen LogP) is 5.98. The van der Waals surface area contributed by atoms with E-state index in [1.54, 1.807) is 0 Å². The van der Waals surface area contributed by atoms with Gasteiger partial charge in [-0.25, -0.2) is 0 Å². The van der Waals surface area contributed by atoms with Crippen LogP contribution >= 0.6 is 0 Å². The van der Waals surface area contributed by atoms with E-state index in [-0.39, 0.29) is 12.6 Å². The third-order valence-corrected chi connectivity index (χ3v) is 5.45. The van der Waals surface area contributed by atoms with E-state index in [4.69, 9.17) is 11.5 Å². The lowest BCUT2D eigenvalue weighted by atomic mass is 10.0. The molecule has 0 amide bonds.